The van der Waals surface area contributed by atoms with Gasteiger partial charge in [0.1, 0.15) is 6.67 Å². The fraction of sp³-hybridized carbons (Fsp3) is 0.125. The fourth-order valence-corrected chi connectivity index (χ4v) is 0.787. The van der Waals surface area contributed by atoms with Crippen molar-refractivity contribution < 1.29 is 14.3 Å². The maximum absolute atomic E-state index is 12.0. The summed E-state index contributed by atoms with van der Waals surface area (Å²) < 4.78 is 12.0. The number of benzene rings is 1. The highest BCUT2D eigenvalue weighted by atomic mass is 35.5. The second kappa shape index (κ2) is 4.72. The van der Waals surface area contributed by atoms with Gasteiger partial charge in [-0.1, -0.05) is 12.1 Å². The standard InChI is InChI=1S/C8H7FO2.ClH/c9-5-6-2-1-3-7(4-6)8(10)11;/h1-4H,5H2,(H,10,11);1H. The monoisotopic (exact) mass is 190 g/mol. The van der Waals surface area contributed by atoms with Crippen LogP contribution in [0.1, 0.15) is 15.9 Å². The first-order valence-corrected chi connectivity index (χ1v) is 3.12. The van der Waals surface area contributed by atoms with Gasteiger partial charge < -0.3 is 5.11 Å². The SMILES string of the molecule is Cl.O=C(O)c1cccc(CF)c1. The van der Waals surface area contributed by atoms with Crippen molar-refractivity contribution >= 4 is 18.4 Å². The van der Waals surface area contributed by atoms with Gasteiger partial charge in [-0.15, -0.1) is 12.4 Å². The predicted octanol–water partition coefficient (Wildman–Crippen LogP) is 2.28. The minimum absolute atomic E-state index is 0. The molecule has 0 fully saturated rings. The van der Waals surface area contributed by atoms with E-state index >= 15 is 0 Å². The average Bonchev–Trinajstić information content (AvgIpc) is 2.05. The van der Waals surface area contributed by atoms with Gasteiger partial charge in [0.25, 0.3) is 0 Å². The summed E-state index contributed by atoms with van der Waals surface area (Å²) in [5.41, 5.74) is 0.519. The van der Waals surface area contributed by atoms with Gasteiger partial charge in [0.15, 0.2) is 0 Å². The van der Waals surface area contributed by atoms with E-state index in [0.717, 1.165) is 0 Å². The van der Waals surface area contributed by atoms with Gasteiger partial charge in [-0.25, -0.2) is 9.18 Å². The van der Waals surface area contributed by atoms with Crippen molar-refractivity contribution in [2.24, 2.45) is 0 Å². The minimum Gasteiger partial charge on any atom is -0.478 e. The van der Waals surface area contributed by atoms with Gasteiger partial charge in [-0.05, 0) is 17.7 Å². The Morgan fingerprint density at radius 1 is 1.50 bits per heavy atom. The van der Waals surface area contributed by atoms with E-state index in [2.05, 4.69) is 0 Å². The maximum atomic E-state index is 12.0. The summed E-state index contributed by atoms with van der Waals surface area (Å²) in [6.45, 7) is -0.624. The summed E-state index contributed by atoms with van der Waals surface area (Å²) in [5, 5.41) is 8.48. The lowest BCUT2D eigenvalue weighted by molar-refractivity contribution is 0.0696. The molecule has 2 nitrogen and oxygen atoms in total. The van der Waals surface area contributed by atoms with E-state index in [1.54, 1.807) is 6.07 Å². The van der Waals surface area contributed by atoms with Crippen molar-refractivity contribution in [3.63, 3.8) is 0 Å². The van der Waals surface area contributed by atoms with Crippen LogP contribution in [0.15, 0.2) is 24.3 Å². The lowest BCUT2D eigenvalue weighted by atomic mass is 10.1. The molecule has 1 rings (SSSR count). The third-order valence-electron chi connectivity index (χ3n) is 1.33. The molecule has 1 aromatic rings. The Morgan fingerprint density at radius 3 is 2.67 bits per heavy atom. The Labute approximate surface area is 75.4 Å². The Morgan fingerprint density at radius 2 is 2.17 bits per heavy atom. The third kappa shape index (κ3) is 2.51. The number of carbonyl (C=O) groups is 1. The van der Waals surface area contributed by atoms with Crippen LogP contribution < -0.4 is 0 Å². The zero-order valence-electron chi connectivity index (χ0n) is 6.16. The zero-order chi connectivity index (χ0) is 8.27. The summed E-state index contributed by atoms with van der Waals surface area (Å²) in [6.07, 6.45) is 0. The molecule has 0 aliphatic rings. The maximum Gasteiger partial charge on any atom is 0.335 e. The molecule has 0 bridgehead atoms. The second-order valence-corrected chi connectivity index (χ2v) is 2.14. The van der Waals surface area contributed by atoms with E-state index in [9.17, 15) is 9.18 Å². The lowest BCUT2D eigenvalue weighted by Crippen LogP contribution is -1.96. The summed E-state index contributed by atoms with van der Waals surface area (Å²) in [7, 11) is 0. The minimum atomic E-state index is -1.03. The number of alkyl halides is 1. The van der Waals surface area contributed by atoms with Gasteiger partial charge in [-0.3, -0.25) is 0 Å². The van der Waals surface area contributed by atoms with E-state index in [0.29, 0.717) is 5.56 Å². The number of rotatable bonds is 2. The molecule has 0 radical (unpaired) electrons. The number of carboxylic acids is 1. The Kier molecular flexibility index (Phi) is 4.29. The predicted molar refractivity (Wildman–Crippen MR) is 45.5 cm³/mol. The first kappa shape index (κ1) is 10.9. The molecule has 12 heavy (non-hydrogen) atoms. The normalized spacial score (nSPS) is 8.75. The van der Waals surface area contributed by atoms with Crippen molar-refractivity contribution in [1.29, 1.82) is 0 Å². The van der Waals surface area contributed by atoms with Crippen molar-refractivity contribution in [3.8, 4) is 0 Å². The van der Waals surface area contributed by atoms with Crippen molar-refractivity contribution in [1.82, 2.24) is 0 Å². The van der Waals surface area contributed by atoms with E-state index in [4.69, 9.17) is 5.11 Å². The lowest BCUT2D eigenvalue weighted by Gasteiger charge is -1.95. The highest BCUT2D eigenvalue weighted by Gasteiger charge is 2.01. The molecule has 0 unspecified atom stereocenters. The number of halogens is 2. The van der Waals surface area contributed by atoms with Crippen LogP contribution in [0.3, 0.4) is 0 Å². The number of hydrogen-bond donors (Lipinski definition) is 1. The molecule has 1 N–H and O–H groups in total. The topological polar surface area (TPSA) is 37.3 Å². The van der Waals surface area contributed by atoms with Gasteiger partial charge >= 0.3 is 5.97 Å². The molecule has 0 atom stereocenters. The largest absolute Gasteiger partial charge is 0.478 e. The second-order valence-electron chi connectivity index (χ2n) is 2.14. The van der Waals surface area contributed by atoms with Crippen molar-refractivity contribution in [2.45, 2.75) is 6.67 Å². The highest BCUT2D eigenvalue weighted by Crippen LogP contribution is 2.05. The molecule has 0 amide bonds. The van der Waals surface area contributed by atoms with Gasteiger partial charge in [0.05, 0.1) is 5.56 Å². The third-order valence-corrected chi connectivity index (χ3v) is 1.33. The van der Waals surface area contributed by atoms with Crippen molar-refractivity contribution in [2.75, 3.05) is 0 Å². The number of carboxylic acid groups (broad SMARTS) is 1. The van der Waals surface area contributed by atoms with Crippen LogP contribution in [0.4, 0.5) is 4.39 Å². The van der Waals surface area contributed by atoms with Crippen LogP contribution in [-0.2, 0) is 6.67 Å². The zero-order valence-corrected chi connectivity index (χ0v) is 6.97. The van der Waals surface area contributed by atoms with Gasteiger partial charge in [0, 0.05) is 0 Å². The molecule has 4 heteroatoms. The van der Waals surface area contributed by atoms with Crippen LogP contribution in [0.2, 0.25) is 0 Å². The van der Waals surface area contributed by atoms with Crippen LogP contribution in [0.5, 0.6) is 0 Å². The summed E-state index contributed by atoms with van der Waals surface area (Å²) >= 11 is 0. The van der Waals surface area contributed by atoms with E-state index in [1.165, 1.54) is 18.2 Å². The summed E-state index contributed by atoms with van der Waals surface area (Å²) in [4.78, 5) is 10.3. The average molecular weight is 191 g/mol. The Hall–Kier alpha value is -1.09. The summed E-state index contributed by atoms with van der Waals surface area (Å²) in [5.74, 6) is -1.03. The van der Waals surface area contributed by atoms with Gasteiger partial charge in [-0.2, -0.15) is 0 Å². The number of hydrogen-bond acceptors (Lipinski definition) is 1. The Balaban J connectivity index is 0.00000121. The van der Waals surface area contributed by atoms with Crippen LogP contribution in [0, 0.1) is 0 Å². The summed E-state index contributed by atoms with van der Waals surface area (Å²) in [6, 6.07) is 5.83. The Bertz CT molecular complexity index is 276. The molecule has 1 aromatic carbocycles. The van der Waals surface area contributed by atoms with Crippen LogP contribution in [-0.4, -0.2) is 11.1 Å². The molecule has 0 spiro atoms. The highest BCUT2D eigenvalue weighted by molar-refractivity contribution is 5.87. The van der Waals surface area contributed by atoms with E-state index in [1.807, 2.05) is 0 Å². The molecule has 0 saturated heterocycles. The molecule has 0 aromatic heterocycles. The molecule has 0 aliphatic heterocycles. The molecule has 0 saturated carbocycles. The van der Waals surface area contributed by atoms with Crippen LogP contribution in [0.25, 0.3) is 0 Å². The quantitative estimate of drug-likeness (QED) is 0.777. The molecule has 0 heterocycles. The smallest absolute Gasteiger partial charge is 0.335 e. The molecule has 0 aliphatic carbocycles. The molecule has 66 valence electrons. The van der Waals surface area contributed by atoms with E-state index in [-0.39, 0.29) is 18.0 Å². The first-order valence-electron chi connectivity index (χ1n) is 3.12. The van der Waals surface area contributed by atoms with Crippen molar-refractivity contribution in [3.05, 3.63) is 35.4 Å². The van der Waals surface area contributed by atoms with Crippen LogP contribution >= 0.6 is 12.4 Å². The first-order chi connectivity index (χ1) is 5.24. The fourth-order valence-electron chi connectivity index (χ4n) is 0.787. The number of aromatic carboxylic acids is 1. The molecular weight excluding hydrogens is 183 g/mol. The van der Waals surface area contributed by atoms with E-state index < -0.39 is 12.6 Å². The molecular formula is C8H8ClFO2. The van der Waals surface area contributed by atoms with Gasteiger partial charge in [0.2, 0.25) is 0 Å².